The van der Waals surface area contributed by atoms with E-state index < -0.39 is 0 Å². The van der Waals surface area contributed by atoms with Gasteiger partial charge in [0.1, 0.15) is 5.82 Å². The molecular formula is C14H24N4OS. The highest BCUT2D eigenvalue weighted by atomic mass is 32.1. The maximum absolute atomic E-state index is 12.2. The van der Waals surface area contributed by atoms with Gasteiger partial charge in [0.2, 0.25) is 11.0 Å². The van der Waals surface area contributed by atoms with E-state index in [1.165, 1.54) is 11.5 Å². The van der Waals surface area contributed by atoms with Crippen LogP contribution < -0.4 is 4.90 Å². The Morgan fingerprint density at radius 3 is 2.25 bits per heavy atom. The zero-order valence-electron chi connectivity index (χ0n) is 13.0. The van der Waals surface area contributed by atoms with Crippen molar-refractivity contribution in [3.8, 4) is 0 Å². The van der Waals surface area contributed by atoms with Crippen LogP contribution >= 0.6 is 11.5 Å². The molecule has 1 amide bonds. The molecule has 2 heterocycles. The molecule has 0 bridgehead atoms. The van der Waals surface area contributed by atoms with Gasteiger partial charge in [-0.15, -0.1) is 0 Å². The zero-order chi connectivity index (χ0) is 14.9. The lowest BCUT2D eigenvalue weighted by Gasteiger charge is -2.37. The van der Waals surface area contributed by atoms with Crippen molar-refractivity contribution in [3.05, 3.63) is 5.82 Å². The van der Waals surface area contributed by atoms with E-state index in [0.717, 1.165) is 37.1 Å². The van der Waals surface area contributed by atoms with Crippen molar-refractivity contribution in [2.24, 2.45) is 5.41 Å². The highest BCUT2D eigenvalue weighted by molar-refractivity contribution is 7.09. The quantitative estimate of drug-likeness (QED) is 0.840. The number of hydrogen-bond donors (Lipinski definition) is 0. The van der Waals surface area contributed by atoms with Crippen LogP contribution in [0, 0.1) is 5.41 Å². The molecule has 1 aliphatic rings. The van der Waals surface area contributed by atoms with E-state index in [2.05, 4.69) is 28.1 Å². The Morgan fingerprint density at radius 2 is 1.80 bits per heavy atom. The van der Waals surface area contributed by atoms with Gasteiger partial charge in [-0.1, -0.05) is 34.6 Å². The minimum absolute atomic E-state index is 0.234. The van der Waals surface area contributed by atoms with Crippen LogP contribution in [0.1, 0.15) is 46.4 Å². The standard InChI is InChI=1S/C14H24N4OS/c1-10(2)11-15-13(20-16-11)18-8-6-17(7-9-18)12(19)14(3,4)5/h10H,6-9H2,1-5H3. The van der Waals surface area contributed by atoms with Crippen LogP contribution in [-0.2, 0) is 4.79 Å². The summed E-state index contributed by atoms with van der Waals surface area (Å²) in [6.45, 7) is 13.4. The summed E-state index contributed by atoms with van der Waals surface area (Å²) in [5, 5.41) is 0.983. The van der Waals surface area contributed by atoms with Crippen LogP contribution in [0.4, 0.5) is 5.13 Å². The van der Waals surface area contributed by atoms with Gasteiger partial charge in [-0.3, -0.25) is 4.79 Å². The maximum atomic E-state index is 12.2. The third-order valence-electron chi connectivity index (χ3n) is 3.43. The fourth-order valence-corrected chi connectivity index (χ4v) is 3.02. The summed E-state index contributed by atoms with van der Waals surface area (Å²) in [5.41, 5.74) is -0.296. The second-order valence-electron chi connectivity index (χ2n) is 6.62. The first-order chi connectivity index (χ1) is 9.29. The summed E-state index contributed by atoms with van der Waals surface area (Å²) < 4.78 is 4.39. The monoisotopic (exact) mass is 296 g/mol. The molecule has 112 valence electrons. The molecule has 5 nitrogen and oxygen atoms in total. The van der Waals surface area contributed by atoms with Crippen LogP contribution in [0.2, 0.25) is 0 Å². The molecule has 0 aromatic carbocycles. The molecule has 0 radical (unpaired) electrons. The van der Waals surface area contributed by atoms with Crippen molar-refractivity contribution in [2.45, 2.75) is 40.5 Å². The van der Waals surface area contributed by atoms with Crippen LogP contribution in [0.3, 0.4) is 0 Å². The van der Waals surface area contributed by atoms with Gasteiger partial charge in [0, 0.05) is 49.0 Å². The predicted molar refractivity (Wildman–Crippen MR) is 82.2 cm³/mol. The molecule has 6 heteroatoms. The van der Waals surface area contributed by atoms with Gasteiger partial charge in [0.05, 0.1) is 0 Å². The number of aromatic nitrogens is 2. The first-order valence-corrected chi connectivity index (χ1v) is 7.94. The molecule has 0 unspecified atom stereocenters. The molecule has 2 rings (SSSR count). The Bertz CT molecular complexity index is 470. The van der Waals surface area contributed by atoms with Crippen molar-refractivity contribution >= 4 is 22.6 Å². The van der Waals surface area contributed by atoms with Crippen LogP contribution in [-0.4, -0.2) is 46.3 Å². The van der Waals surface area contributed by atoms with E-state index in [4.69, 9.17) is 0 Å². The molecule has 1 aliphatic heterocycles. The second kappa shape index (κ2) is 5.68. The van der Waals surface area contributed by atoms with Crippen LogP contribution in [0.15, 0.2) is 0 Å². The largest absolute Gasteiger partial charge is 0.343 e. The average Bonchev–Trinajstić information content (AvgIpc) is 2.86. The minimum atomic E-state index is -0.296. The molecule has 0 N–H and O–H groups in total. The summed E-state index contributed by atoms with van der Waals surface area (Å²) in [4.78, 5) is 21.0. The number of anilines is 1. The Hall–Kier alpha value is -1.17. The number of carbonyl (C=O) groups excluding carboxylic acids is 1. The number of carbonyl (C=O) groups is 1. The third kappa shape index (κ3) is 3.29. The number of piperazine rings is 1. The van der Waals surface area contributed by atoms with Gasteiger partial charge in [0.25, 0.3) is 0 Å². The van der Waals surface area contributed by atoms with Crippen molar-refractivity contribution in [3.63, 3.8) is 0 Å². The summed E-state index contributed by atoms with van der Waals surface area (Å²) in [6, 6.07) is 0. The third-order valence-corrected chi connectivity index (χ3v) is 4.22. The Kier molecular flexibility index (Phi) is 4.32. The van der Waals surface area contributed by atoms with Gasteiger partial charge >= 0.3 is 0 Å². The first-order valence-electron chi connectivity index (χ1n) is 7.17. The van der Waals surface area contributed by atoms with E-state index in [1.807, 2.05) is 25.7 Å². The summed E-state index contributed by atoms with van der Waals surface area (Å²) in [6.07, 6.45) is 0. The van der Waals surface area contributed by atoms with Gasteiger partial charge in [0.15, 0.2) is 0 Å². The number of rotatable bonds is 2. The minimum Gasteiger partial charge on any atom is -0.343 e. The molecule has 0 saturated carbocycles. The highest BCUT2D eigenvalue weighted by Crippen LogP contribution is 2.24. The lowest BCUT2D eigenvalue weighted by molar-refractivity contribution is -0.139. The molecule has 20 heavy (non-hydrogen) atoms. The van der Waals surface area contributed by atoms with E-state index >= 15 is 0 Å². The smallest absolute Gasteiger partial charge is 0.228 e. The number of amides is 1. The van der Waals surface area contributed by atoms with Crippen molar-refractivity contribution in [1.82, 2.24) is 14.3 Å². The maximum Gasteiger partial charge on any atom is 0.228 e. The van der Waals surface area contributed by atoms with E-state index in [1.54, 1.807) is 0 Å². The van der Waals surface area contributed by atoms with Gasteiger partial charge in [-0.2, -0.15) is 4.37 Å². The van der Waals surface area contributed by atoms with E-state index in [0.29, 0.717) is 5.92 Å². The Balaban J connectivity index is 1.95. The van der Waals surface area contributed by atoms with Crippen molar-refractivity contribution < 1.29 is 4.79 Å². The topological polar surface area (TPSA) is 49.3 Å². The summed E-state index contributed by atoms with van der Waals surface area (Å²) in [5.74, 6) is 1.51. The molecule has 1 fully saturated rings. The first kappa shape index (κ1) is 15.2. The zero-order valence-corrected chi connectivity index (χ0v) is 13.8. The highest BCUT2D eigenvalue weighted by Gasteiger charge is 2.30. The molecule has 1 saturated heterocycles. The number of hydrogen-bond acceptors (Lipinski definition) is 5. The molecular weight excluding hydrogens is 272 g/mol. The van der Waals surface area contributed by atoms with Crippen LogP contribution in [0.5, 0.6) is 0 Å². The summed E-state index contributed by atoms with van der Waals surface area (Å²) in [7, 11) is 0. The molecule has 0 spiro atoms. The van der Waals surface area contributed by atoms with E-state index in [9.17, 15) is 4.79 Å². The molecule has 1 aromatic rings. The SMILES string of the molecule is CC(C)c1nsc(N2CCN(C(=O)C(C)(C)C)CC2)n1. The average molecular weight is 296 g/mol. The lowest BCUT2D eigenvalue weighted by Crippen LogP contribution is -2.51. The predicted octanol–water partition coefficient (Wildman–Crippen LogP) is 2.36. The molecule has 0 atom stereocenters. The fourth-order valence-electron chi connectivity index (χ4n) is 2.16. The Labute approximate surface area is 125 Å². The van der Waals surface area contributed by atoms with Crippen LogP contribution in [0.25, 0.3) is 0 Å². The van der Waals surface area contributed by atoms with Gasteiger partial charge < -0.3 is 9.80 Å². The molecule has 0 aliphatic carbocycles. The molecule has 1 aromatic heterocycles. The fraction of sp³-hybridized carbons (Fsp3) is 0.786. The van der Waals surface area contributed by atoms with Gasteiger partial charge in [-0.05, 0) is 0 Å². The second-order valence-corrected chi connectivity index (χ2v) is 7.35. The number of nitrogens with zero attached hydrogens (tertiary/aromatic N) is 4. The summed E-state index contributed by atoms with van der Waals surface area (Å²) >= 11 is 1.46. The Morgan fingerprint density at radius 1 is 1.20 bits per heavy atom. The van der Waals surface area contributed by atoms with Crippen molar-refractivity contribution in [2.75, 3.05) is 31.1 Å². The lowest BCUT2D eigenvalue weighted by atomic mass is 9.94. The van der Waals surface area contributed by atoms with Gasteiger partial charge in [-0.25, -0.2) is 4.98 Å². The van der Waals surface area contributed by atoms with Crippen molar-refractivity contribution in [1.29, 1.82) is 0 Å². The van der Waals surface area contributed by atoms with E-state index in [-0.39, 0.29) is 11.3 Å². The normalized spacial score (nSPS) is 16.9.